The van der Waals surface area contributed by atoms with Crippen LogP contribution in [0.2, 0.25) is 0 Å². The van der Waals surface area contributed by atoms with Gasteiger partial charge in [0, 0.05) is 25.7 Å². The van der Waals surface area contributed by atoms with E-state index < -0.39 is 10.0 Å². The Morgan fingerprint density at radius 3 is 2.45 bits per heavy atom. The molecule has 1 saturated heterocycles. The number of carbonyl (C=O) groups is 1. The monoisotopic (exact) mass is 436 g/mol. The van der Waals surface area contributed by atoms with E-state index in [1.54, 1.807) is 30.3 Å². The third kappa shape index (κ3) is 5.02. The lowest BCUT2D eigenvalue weighted by Crippen LogP contribution is -2.40. The fourth-order valence-corrected chi connectivity index (χ4v) is 4.93. The second-order valence-electron chi connectivity index (χ2n) is 7.28. The van der Waals surface area contributed by atoms with E-state index in [2.05, 4.69) is 5.32 Å². The lowest BCUT2D eigenvalue weighted by molar-refractivity contribution is -0.116. The number of amides is 1. The number of benzene rings is 3. The molecule has 0 bridgehead atoms. The number of fused-ring (bicyclic) bond motifs is 1. The number of hydrogen-bond acceptors (Lipinski definition) is 4. The predicted octanol–water partition coefficient (Wildman–Crippen LogP) is 3.19. The Morgan fingerprint density at radius 1 is 0.968 bits per heavy atom. The van der Waals surface area contributed by atoms with Gasteiger partial charge in [0.05, 0.1) is 18.1 Å². The van der Waals surface area contributed by atoms with Gasteiger partial charge in [-0.1, -0.05) is 54.6 Å². The van der Waals surface area contributed by atoms with Crippen LogP contribution in [0.15, 0.2) is 77.7 Å². The van der Waals surface area contributed by atoms with Crippen LogP contribution in [0.1, 0.15) is 11.1 Å². The van der Waals surface area contributed by atoms with E-state index in [0.29, 0.717) is 32.8 Å². The molecule has 1 aliphatic rings. The summed E-state index contributed by atoms with van der Waals surface area (Å²) < 4.78 is 32.0. The van der Waals surface area contributed by atoms with Gasteiger partial charge in [-0.15, -0.1) is 0 Å². The van der Waals surface area contributed by atoms with Crippen molar-refractivity contribution in [3.8, 4) is 0 Å². The van der Waals surface area contributed by atoms with Gasteiger partial charge >= 0.3 is 0 Å². The Labute approximate surface area is 182 Å². The zero-order chi connectivity index (χ0) is 21.7. The van der Waals surface area contributed by atoms with E-state index in [1.807, 2.05) is 42.5 Å². The molecule has 0 aliphatic carbocycles. The maximum atomic E-state index is 12.7. The minimum atomic E-state index is -3.51. The molecule has 1 amide bonds. The molecule has 0 aromatic heterocycles. The van der Waals surface area contributed by atoms with Gasteiger partial charge in [0.15, 0.2) is 0 Å². The quantitative estimate of drug-likeness (QED) is 0.602. The van der Waals surface area contributed by atoms with Crippen molar-refractivity contribution in [3.05, 3.63) is 83.9 Å². The zero-order valence-electron chi connectivity index (χ0n) is 17.0. The number of nitrogens with one attached hydrogen (secondary N) is 1. The summed E-state index contributed by atoms with van der Waals surface area (Å²) in [7, 11) is -3.51. The van der Waals surface area contributed by atoms with Gasteiger partial charge in [-0.3, -0.25) is 4.79 Å². The largest absolute Gasteiger partial charge is 0.379 e. The van der Waals surface area contributed by atoms with Crippen molar-refractivity contribution in [1.29, 1.82) is 0 Å². The summed E-state index contributed by atoms with van der Waals surface area (Å²) >= 11 is 0. The van der Waals surface area contributed by atoms with Gasteiger partial charge in [-0.2, -0.15) is 4.31 Å². The number of morpholine rings is 1. The molecule has 0 unspecified atom stereocenters. The number of nitrogens with zero attached hydrogens (tertiary/aromatic N) is 1. The molecule has 160 valence electrons. The Bertz CT molecular complexity index is 1190. The summed E-state index contributed by atoms with van der Waals surface area (Å²) in [5, 5.41) is 5.05. The SMILES string of the molecule is O=C(/C=C/c1cccc2ccccc12)NCc1ccc(S(=O)(=O)N2CCOCC2)cc1. The molecule has 0 radical (unpaired) electrons. The van der Waals surface area contributed by atoms with Crippen LogP contribution < -0.4 is 5.32 Å². The summed E-state index contributed by atoms with van der Waals surface area (Å²) in [6.07, 6.45) is 3.31. The fraction of sp³-hybridized carbons (Fsp3) is 0.208. The van der Waals surface area contributed by atoms with Crippen LogP contribution in [-0.4, -0.2) is 44.9 Å². The third-order valence-corrected chi connectivity index (χ3v) is 7.15. The van der Waals surface area contributed by atoms with E-state index in [0.717, 1.165) is 21.9 Å². The molecular formula is C24H24N2O4S. The van der Waals surface area contributed by atoms with E-state index in [-0.39, 0.29) is 10.8 Å². The Balaban J connectivity index is 1.37. The van der Waals surface area contributed by atoms with Crippen molar-refractivity contribution in [3.63, 3.8) is 0 Å². The van der Waals surface area contributed by atoms with E-state index in [1.165, 1.54) is 10.4 Å². The van der Waals surface area contributed by atoms with Gasteiger partial charge in [0.1, 0.15) is 0 Å². The highest BCUT2D eigenvalue weighted by atomic mass is 32.2. The molecule has 1 fully saturated rings. The fourth-order valence-electron chi connectivity index (χ4n) is 3.52. The first-order chi connectivity index (χ1) is 15.0. The summed E-state index contributed by atoms with van der Waals surface area (Å²) in [6.45, 7) is 1.87. The molecule has 1 aliphatic heterocycles. The first-order valence-corrected chi connectivity index (χ1v) is 11.6. The summed E-state index contributed by atoms with van der Waals surface area (Å²) in [5.41, 5.74) is 1.80. The van der Waals surface area contributed by atoms with Crippen LogP contribution in [-0.2, 0) is 26.1 Å². The van der Waals surface area contributed by atoms with Gasteiger partial charge in [-0.05, 0) is 40.1 Å². The average Bonchev–Trinajstić information content (AvgIpc) is 2.82. The van der Waals surface area contributed by atoms with E-state index in [9.17, 15) is 13.2 Å². The van der Waals surface area contributed by atoms with Crippen molar-refractivity contribution in [2.45, 2.75) is 11.4 Å². The molecule has 1 heterocycles. The molecule has 3 aromatic rings. The summed E-state index contributed by atoms with van der Waals surface area (Å²) in [6, 6.07) is 20.6. The second kappa shape index (κ2) is 9.43. The van der Waals surface area contributed by atoms with Gasteiger partial charge in [0.25, 0.3) is 0 Å². The lowest BCUT2D eigenvalue weighted by atomic mass is 10.0. The predicted molar refractivity (Wildman–Crippen MR) is 121 cm³/mol. The molecule has 4 rings (SSSR count). The van der Waals surface area contributed by atoms with Crippen molar-refractivity contribution >= 4 is 32.8 Å². The molecule has 0 atom stereocenters. The Morgan fingerprint density at radius 2 is 1.68 bits per heavy atom. The molecule has 0 saturated carbocycles. The van der Waals surface area contributed by atoms with Crippen LogP contribution in [0.3, 0.4) is 0 Å². The van der Waals surface area contributed by atoms with Gasteiger partial charge < -0.3 is 10.1 Å². The number of rotatable bonds is 6. The molecule has 31 heavy (non-hydrogen) atoms. The van der Waals surface area contributed by atoms with Crippen LogP contribution in [0.4, 0.5) is 0 Å². The molecular weight excluding hydrogens is 412 g/mol. The van der Waals surface area contributed by atoms with Gasteiger partial charge in [-0.25, -0.2) is 8.42 Å². The third-order valence-electron chi connectivity index (χ3n) is 5.24. The van der Waals surface area contributed by atoms with Crippen molar-refractivity contribution < 1.29 is 17.9 Å². The topological polar surface area (TPSA) is 75.7 Å². The molecule has 7 heteroatoms. The normalized spacial score (nSPS) is 15.4. The lowest BCUT2D eigenvalue weighted by Gasteiger charge is -2.26. The molecule has 3 aromatic carbocycles. The van der Waals surface area contributed by atoms with Crippen LogP contribution in [0.25, 0.3) is 16.8 Å². The maximum Gasteiger partial charge on any atom is 0.244 e. The maximum absolute atomic E-state index is 12.7. The second-order valence-corrected chi connectivity index (χ2v) is 9.22. The first kappa shape index (κ1) is 21.2. The van der Waals surface area contributed by atoms with Crippen molar-refractivity contribution in [1.82, 2.24) is 9.62 Å². The number of sulfonamides is 1. The number of carbonyl (C=O) groups excluding carboxylic acids is 1. The highest BCUT2D eigenvalue weighted by molar-refractivity contribution is 7.89. The van der Waals surface area contributed by atoms with Crippen LogP contribution in [0, 0.1) is 0 Å². The minimum Gasteiger partial charge on any atom is -0.379 e. The molecule has 1 N–H and O–H groups in total. The zero-order valence-corrected chi connectivity index (χ0v) is 17.8. The van der Waals surface area contributed by atoms with E-state index >= 15 is 0 Å². The summed E-state index contributed by atoms with van der Waals surface area (Å²) in [5.74, 6) is -0.210. The molecule has 6 nitrogen and oxygen atoms in total. The highest BCUT2D eigenvalue weighted by Gasteiger charge is 2.26. The van der Waals surface area contributed by atoms with Gasteiger partial charge in [0.2, 0.25) is 15.9 Å². The molecule has 0 spiro atoms. The standard InChI is InChI=1S/C24H24N2O4S/c27-24(13-10-21-6-3-5-20-4-1-2-7-23(20)21)25-18-19-8-11-22(12-9-19)31(28,29)26-14-16-30-17-15-26/h1-13H,14-18H2,(H,25,27)/b13-10+. The smallest absolute Gasteiger partial charge is 0.244 e. The van der Waals surface area contributed by atoms with Crippen LogP contribution >= 0.6 is 0 Å². The summed E-state index contributed by atoms with van der Waals surface area (Å²) in [4.78, 5) is 12.5. The Hall–Kier alpha value is -3.00. The van der Waals surface area contributed by atoms with Crippen molar-refractivity contribution in [2.75, 3.05) is 26.3 Å². The number of hydrogen-bond donors (Lipinski definition) is 1. The minimum absolute atomic E-state index is 0.210. The number of ether oxygens (including phenoxy) is 1. The van der Waals surface area contributed by atoms with Crippen molar-refractivity contribution in [2.24, 2.45) is 0 Å². The highest BCUT2D eigenvalue weighted by Crippen LogP contribution is 2.20. The first-order valence-electron chi connectivity index (χ1n) is 10.1. The Kier molecular flexibility index (Phi) is 6.46. The van der Waals surface area contributed by atoms with E-state index in [4.69, 9.17) is 4.74 Å². The average molecular weight is 437 g/mol. The van der Waals surface area contributed by atoms with Crippen LogP contribution in [0.5, 0.6) is 0 Å².